The van der Waals surface area contributed by atoms with Crippen molar-refractivity contribution in [2.45, 2.75) is 51.7 Å². The van der Waals surface area contributed by atoms with Gasteiger partial charge in [0.1, 0.15) is 10.3 Å². The van der Waals surface area contributed by atoms with Gasteiger partial charge in [-0.1, -0.05) is 23.2 Å². The molecule has 3 rings (SSSR count). The van der Waals surface area contributed by atoms with Crippen molar-refractivity contribution in [3.8, 4) is 0 Å². The van der Waals surface area contributed by atoms with Crippen molar-refractivity contribution in [3.63, 3.8) is 0 Å². The molecule has 0 bridgehead atoms. The zero-order valence-electron chi connectivity index (χ0n) is 19.9. The highest BCUT2D eigenvalue weighted by Crippen LogP contribution is 2.23. The van der Waals surface area contributed by atoms with Gasteiger partial charge in [0.15, 0.2) is 0 Å². The highest BCUT2D eigenvalue weighted by Gasteiger charge is 2.29. The zero-order valence-corrected chi connectivity index (χ0v) is 22.3. The summed E-state index contributed by atoms with van der Waals surface area (Å²) in [5.74, 6) is -0.0850. The lowest BCUT2D eigenvalue weighted by Crippen LogP contribution is -2.50. The maximum Gasteiger partial charge on any atom is 0.254 e. The lowest BCUT2D eigenvalue weighted by atomic mass is 10.00. The molecule has 2 aromatic rings. The Labute approximate surface area is 215 Å². The molecule has 0 spiro atoms. The number of aromatic nitrogens is 1. The first-order valence-corrected chi connectivity index (χ1v) is 13.3. The summed E-state index contributed by atoms with van der Waals surface area (Å²) in [6.07, 6.45) is 2.72. The van der Waals surface area contributed by atoms with Gasteiger partial charge in [0.05, 0.1) is 12.1 Å². The molecule has 0 aromatic carbocycles. The number of piperidine rings is 1. The van der Waals surface area contributed by atoms with Crippen LogP contribution in [0.1, 0.15) is 47.7 Å². The minimum atomic E-state index is -0.232. The molecule has 34 heavy (non-hydrogen) atoms. The molecule has 1 fully saturated rings. The number of amides is 2. The molecule has 1 saturated heterocycles. The molecule has 1 atom stereocenters. The Kier molecular flexibility index (Phi) is 10.2. The van der Waals surface area contributed by atoms with Crippen LogP contribution in [0.3, 0.4) is 0 Å². The number of carbonyl (C=O) groups excluding carboxylic acids is 2. The Bertz CT molecular complexity index is 941. The smallest absolute Gasteiger partial charge is 0.254 e. The molecule has 0 radical (unpaired) electrons. The summed E-state index contributed by atoms with van der Waals surface area (Å²) in [6, 6.07) is 4.29. The van der Waals surface area contributed by atoms with Crippen LogP contribution in [0.25, 0.3) is 0 Å². The van der Waals surface area contributed by atoms with E-state index >= 15 is 0 Å². The van der Waals surface area contributed by atoms with Gasteiger partial charge in [-0.05, 0) is 74.2 Å². The number of halogens is 2. The fourth-order valence-electron chi connectivity index (χ4n) is 4.43. The van der Waals surface area contributed by atoms with Gasteiger partial charge in [0.2, 0.25) is 5.91 Å². The Morgan fingerprint density at radius 2 is 2.06 bits per heavy atom. The highest BCUT2D eigenvalue weighted by atomic mass is 35.5. The molecule has 7 nitrogen and oxygen atoms in total. The second-order valence-electron chi connectivity index (χ2n) is 8.77. The predicted molar refractivity (Wildman–Crippen MR) is 139 cm³/mol. The number of aryl methyl sites for hydroxylation is 1. The quantitative estimate of drug-likeness (QED) is 0.458. The third kappa shape index (κ3) is 7.15. The van der Waals surface area contributed by atoms with Crippen molar-refractivity contribution >= 4 is 46.4 Å². The van der Waals surface area contributed by atoms with E-state index in [-0.39, 0.29) is 28.2 Å². The van der Waals surface area contributed by atoms with Crippen molar-refractivity contribution in [2.75, 3.05) is 33.2 Å². The van der Waals surface area contributed by atoms with Crippen molar-refractivity contribution in [2.24, 2.45) is 0 Å². The van der Waals surface area contributed by atoms with Gasteiger partial charge in [-0.3, -0.25) is 9.59 Å². The number of hydrogen-bond donors (Lipinski definition) is 2. The maximum absolute atomic E-state index is 12.8. The lowest BCUT2D eigenvalue weighted by molar-refractivity contribution is -0.134. The van der Waals surface area contributed by atoms with Crippen molar-refractivity contribution < 1.29 is 9.59 Å². The minimum absolute atomic E-state index is 0.123. The highest BCUT2D eigenvalue weighted by molar-refractivity contribution is 7.07. The summed E-state index contributed by atoms with van der Waals surface area (Å²) in [5, 5.41) is 10.5. The summed E-state index contributed by atoms with van der Waals surface area (Å²) in [7, 11) is 1.81. The van der Waals surface area contributed by atoms with Gasteiger partial charge in [0, 0.05) is 38.3 Å². The summed E-state index contributed by atoms with van der Waals surface area (Å²) in [4.78, 5) is 33.8. The Morgan fingerprint density at radius 1 is 1.32 bits per heavy atom. The van der Waals surface area contributed by atoms with Gasteiger partial charge >= 0.3 is 0 Å². The molecule has 1 aliphatic heterocycles. The number of carbonyl (C=O) groups is 2. The number of likely N-dealkylation sites (N-methyl/N-ethyl adjacent to an activating group) is 1. The topological polar surface area (TPSA) is 77.6 Å². The number of likely N-dealkylation sites (tertiary alicyclic amines) is 1. The van der Waals surface area contributed by atoms with Gasteiger partial charge in [-0.15, -0.1) is 0 Å². The molecule has 186 valence electrons. The summed E-state index contributed by atoms with van der Waals surface area (Å²) in [5.41, 5.74) is 2.26. The minimum Gasteiger partial charge on any atom is -0.352 e. The largest absolute Gasteiger partial charge is 0.352 e. The lowest BCUT2D eigenvalue weighted by Gasteiger charge is -2.41. The molecular weight excluding hydrogens is 493 g/mol. The Hall–Kier alpha value is -1.71. The normalized spacial score (nSPS) is 15.8. The van der Waals surface area contributed by atoms with E-state index in [1.807, 2.05) is 11.9 Å². The van der Waals surface area contributed by atoms with Crippen LogP contribution < -0.4 is 10.6 Å². The molecule has 3 heterocycles. The fourth-order valence-corrected chi connectivity index (χ4v) is 5.70. The van der Waals surface area contributed by atoms with Crippen LogP contribution in [0, 0.1) is 6.92 Å². The molecule has 2 N–H and O–H groups in total. The molecule has 2 amide bonds. The monoisotopic (exact) mass is 525 g/mol. The number of nitrogens with one attached hydrogen (secondary N) is 2. The van der Waals surface area contributed by atoms with E-state index in [9.17, 15) is 9.59 Å². The number of hydrogen-bond acceptors (Lipinski definition) is 6. The first-order chi connectivity index (χ1) is 16.3. The van der Waals surface area contributed by atoms with E-state index in [4.69, 9.17) is 23.2 Å². The maximum atomic E-state index is 12.8. The summed E-state index contributed by atoms with van der Waals surface area (Å²) in [6.45, 7) is 7.40. The molecule has 0 saturated carbocycles. The average Bonchev–Trinajstić information content (AvgIpc) is 3.30. The van der Waals surface area contributed by atoms with Crippen LogP contribution in [-0.4, -0.2) is 71.9 Å². The molecule has 1 aliphatic rings. The molecule has 0 aliphatic carbocycles. The van der Waals surface area contributed by atoms with Gasteiger partial charge in [-0.2, -0.15) is 11.3 Å². The Balaban J connectivity index is 1.48. The SMILES string of the molecule is CNCC(=O)N(Cc1ccsc1)C1CCN([C@H](C)CCNC(=O)c2c(C)cc(Cl)nc2Cl)CC1. The van der Waals surface area contributed by atoms with Crippen LogP contribution in [0.15, 0.2) is 22.9 Å². The van der Waals surface area contributed by atoms with E-state index in [0.29, 0.717) is 36.8 Å². The summed E-state index contributed by atoms with van der Waals surface area (Å²) >= 11 is 13.7. The van der Waals surface area contributed by atoms with Crippen molar-refractivity contribution in [1.29, 1.82) is 0 Å². The van der Waals surface area contributed by atoms with E-state index < -0.39 is 0 Å². The van der Waals surface area contributed by atoms with Gasteiger partial charge in [-0.25, -0.2) is 4.98 Å². The van der Waals surface area contributed by atoms with E-state index in [2.05, 4.69) is 44.3 Å². The second-order valence-corrected chi connectivity index (χ2v) is 10.3. The van der Waals surface area contributed by atoms with Crippen molar-refractivity contribution in [3.05, 3.63) is 49.9 Å². The predicted octanol–water partition coefficient (Wildman–Crippen LogP) is 3.98. The van der Waals surface area contributed by atoms with Gasteiger partial charge in [0.25, 0.3) is 5.91 Å². The Morgan fingerprint density at radius 3 is 2.68 bits per heavy atom. The number of thiophene rings is 1. The van der Waals surface area contributed by atoms with E-state index in [0.717, 1.165) is 32.4 Å². The average molecular weight is 527 g/mol. The molecular formula is C24H33Cl2N5O2S. The standard InChI is InChI=1S/C24H33Cl2N5O2S/c1-16-12-20(25)29-23(26)22(16)24(33)28-8-4-17(2)30-9-5-19(6-10-30)31(21(32)13-27-3)14-18-7-11-34-15-18/h7,11-12,15,17,19,27H,4-6,8-10,13-14H2,1-3H3,(H,28,33)/t17-/m1/s1. The van der Waals surface area contributed by atoms with Gasteiger partial charge < -0.3 is 20.4 Å². The second kappa shape index (κ2) is 12.8. The first-order valence-electron chi connectivity index (χ1n) is 11.6. The van der Waals surface area contributed by atoms with Crippen LogP contribution in [-0.2, 0) is 11.3 Å². The molecule has 2 aromatic heterocycles. The van der Waals surface area contributed by atoms with E-state index in [1.54, 1.807) is 24.3 Å². The molecule has 0 unspecified atom stereocenters. The van der Waals surface area contributed by atoms with Crippen LogP contribution >= 0.6 is 34.5 Å². The summed E-state index contributed by atoms with van der Waals surface area (Å²) < 4.78 is 0. The van der Waals surface area contributed by atoms with Crippen LogP contribution in [0.2, 0.25) is 10.3 Å². The first kappa shape index (κ1) is 26.9. The third-order valence-corrected chi connectivity index (χ3v) is 7.56. The third-order valence-electron chi connectivity index (χ3n) is 6.36. The van der Waals surface area contributed by atoms with Crippen molar-refractivity contribution in [1.82, 2.24) is 25.4 Å². The number of rotatable bonds is 10. The molecule has 10 heteroatoms. The van der Waals surface area contributed by atoms with Crippen LogP contribution in [0.5, 0.6) is 0 Å². The zero-order chi connectivity index (χ0) is 24.7. The fraction of sp³-hybridized carbons (Fsp3) is 0.542. The number of nitrogens with zero attached hydrogens (tertiary/aromatic N) is 3. The van der Waals surface area contributed by atoms with Crippen LogP contribution in [0.4, 0.5) is 0 Å². The number of pyridine rings is 1. The van der Waals surface area contributed by atoms with E-state index in [1.165, 1.54) is 5.56 Å².